The number of halogens is 2. The number of hydrogen-bond donors (Lipinski definition) is 0. The molecular weight excluding hydrogens is 511 g/mol. The Morgan fingerprint density at radius 1 is 1.36 bits per heavy atom. The van der Waals surface area contributed by atoms with E-state index in [4.69, 9.17) is 9.47 Å². The van der Waals surface area contributed by atoms with Crippen molar-refractivity contribution in [2.75, 3.05) is 46.0 Å². The third-order valence-corrected chi connectivity index (χ3v) is 6.90. The molecule has 3 aliphatic heterocycles. The maximum absolute atomic E-state index is 12.4. The number of nitrogens with zero attached hydrogens (tertiary/aromatic N) is 4. The highest BCUT2D eigenvalue weighted by Gasteiger charge is 2.39. The van der Waals surface area contributed by atoms with Gasteiger partial charge in [-0.05, 0) is 25.1 Å². The van der Waals surface area contributed by atoms with E-state index in [-0.39, 0.29) is 11.8 Å². The van der Waals surface area contributed by atoms with Crippen LogP contribution in [0.3, 0.4) is 0 Å². The summed E-state index contributed by atoms with van der Waals surface area (Å²) < 4.78 is 23.6. The molecule has 1 aromatic heterocycles. The number of amidine groups is 1. The lowest BCUT2D eigenvalue weighted by Gasteiger charge is -2.32. The van der Waals surface area contributed by atoms with E-state index in [9.17, 15) is 9.18 Å². The van der Waals surface area contributed by atoms with Crippen LogP contribution in [0.4, 0.5) is 4.39 Å². The van der Waals surface area contributed by atoms with E-state index >= 15 is 0 Å². The van der Waals surface area contributed by atoms with Crippen molar-refractivity contribution in [1.82, 2.24) is 14.8 Å². The molecule has 3 aliphatic rings. The van der Waals surface area contributed by atoms with Crippen molar-refractivity contribution in [2.24, 2.45) is 4.99 Å². The third-order valence-electron chi connectivity index (χ3n) is 5.63. The Balaban J connectivity index is 0.000000275. The summed E-state index contributed by atoms with van der Waals surface area (Å²) in [6.45, 7) is 6.83. The molecule has 0 N–H and O–H groups in total. The molecule has 1 aromatic carbocycles. The SMILES string of the molecule is CCOC(=O)C1=C2CC(N3CCOCC3)CN2C(c2nccs2)=NC1.Fc1cccc(Br)c1. The number of ether oxygens (including phenoxy) is 2. The monoisotopic (exact) mass is 536 g/mol. The molecule has 0 bridgehead atoms. The summed E-state index contributed by atoms with van der Waals surface area (Å²) in [5.74, 6) is 0.431. The van der Waals surface area contributed by atoms with Gasteiger partial charge in [0.2, 0.25) is 0 Å². The second-order valence-corrected chi connectivity index (χ2v) is 9.49. The summed E-state index contributed by atoms with van der Waals surface area (Å²) in [5.41, 5.74) is 1.74. The predicted octanol–water partition coefficient (Wildman–Crippen LogP) is 3.72. The number of esters is 1. The molecule has 5 rings (SSSR count). The smallest absolute Gasteiger partial charge is 0.337 e. The minimum absolute atomic E-state index is 0.209. The van der Waals surface area contributed by atoms with Crippen LogP contribution in [0.25, 0.3) is 0 Å². The highest BCUT2D eigenvalue weighted by atomic mass is 79.9. The van der Waals surface area contributed by atoms with Gasteiger partial charge in [0.1, 0.15) is 5.82 Å². The Kier molecular flexibility index (Phi) is 8.24. The van der Waals surface area contributed by atoms with Gasteiger partial charge in [0, 0.05) is 53.8 Å². The third kappa shape index (κ3) is 5.87. The van der Waals surface area contributed by atoms with Gasteiger partial charge in [0.05, 0.1) is 31.9 Å². The van der Waals surface area contributed by atoms with Crippen molar-refractivity contribution in [2.45, 2.75) is 19.4 Å². The zero-order valence-electron chi connectivity index (χ0n) is 18.4. The quantitative estimate of drug-likeness (QED) is 0.555. The number of morpholine rings is 1. The Bertz CT molecular complexity index is 1010. The zero-order chi connectivity index (χ0) is 23.2. The number of aliphatic imine (C=N–C) groups is 1. The second kappa shape index (κ2) is 11.3. The van der Waals surface area contributed by atoms with Crippen molar-refractivity contribution in [3.63, 3.8) is 0 Å². The topological polar surface area (TPSA) is 67.3 Å². The number of rotatable bonds is 4. The van der Waals surface area contributed by atoms with Gasteiger partial charge in [-0.1, -0.05) is 22.0 Å². The first-order chi connectivity index (χ1) is 16.1. The molecule has 176 valence electrons. The Hall–Kier alpha value is -2.14. The molecule has 1 atom stereocenters. The van der Waals surface area contributed by atoms with Crippen LogP contribution in [0.5, 0.6) is 0 Å². The second-order valence-electron chi connectivity index (χ2n) is 7.68. The normalized spacial score (nSPS) is 20.6. The molecular formula is C23H26BrFN4O3S. The predicted molar refractivity (Wildman–Crippen MR) is 129 cm³/mol. The lowest BCUT2D eigenvalue weighted by Crippen LogP contribution is -2.45. The fraction of sp³-hybridized carbons (Fsp3) is 0.435. The van der Waals surface area contributed by atoms with Gasteiger partial charge in [0.15, 0.2) is 10.8 Å². The molecule has 4 heterocycles. The maximum atomic E-state index is 12.4. The van der Waals surface area contributed by atoms with Gasteiger partial charge in [0.25, 0.3) is 0 Å². The van der Waals surface area contributed by atoms with Gasteiger partial charge in [-0.25, -0.2) is 14.2 Å². The van der Waals surface area contributed by atoms with Crippen LogP contribution in [0, 0.1) is 5.82 Å². The van der Waals surface area contributed by atoms with Crippen LogP contribution >= 0.6 is 27.3 Å². The van der Waals surface area contributed by atoms with Gasteiger partial charge in [-0.2, -0.15) is 0 Å². The van der Waals surface area contributed by atoms with Gasteiger partial charge in [-0.15, -0.1) is 11.3 Å². The molecule has 7 nitrogen and oxygen atoms in total. The molecule has 1 unspecified atom stereocenters. The molecule has 10 heteroatoms. The first-order valence-electron chi connectivity index (χ1n) is 10.9. The van der Waals surface area contributed by atoms with Gasteiger partial charge in [-0.3, -0.25) is 9.89 Å². The Morgan fingerprint density at radius 3 is 2.82 bits per heavy atom. The van der Waals surface area contributed by atoms with E-state index < -0.39 is 0 Å². The van der Waals surface area contributed by atoms with Crippen LogP contribution in [-0.2, 0) is 14.3 Å². The number of benzene rings is 1. The summed E-state index contributed by atoms with van der Waals surface area (Å²) >= 11 is 4.70. The number of thiazole rings is 1. The van der Waals surface area contributed by atoms with Crippen molar-refractivity contribution in [1.29, 1.82) is 0 Å². The van der Waals surface area contributed by atoms with Gasteiger partial charge < -0.3 is 14.4 Å². The first kappa shape index (κ1) is 24.0. The van der Waals surface area contributed by atoms with Crippen molar-refractivity contribution in [3.8, 4) is 0 Å². The average Bonchev–Trinajstić information content (AvgIpc) is 3.50. The van der Waals surface area contributed by atoms with E-state index in [0.717, 1.165) is 60.3 Å². The lowest BCUT2D eigenvalue weighted by molar-refractivity contribution is -0.138. The molecule has 0 spiro atoms. The minimum Gasteiger partial charge on any atom is -0.463 e. The van der Waals surface area contributed by atoms with E-state index in [0.29, 0.717) is 24.8 Å². The van der Waals surface area contributed by atoms with Crippen LogP contribution in [0.1, 0.15) is 18.4 Å². The molecule has 0 aliphatic carbocycles. The summed E-state index contributed by atoms with van der Waals surface area (Å²) in [4.78, 5) is 26.1. The Labute approximate surface area is 205 Å². The molecule has 2 aromatic rings. The van der Waals surface area contributed by atoms with Crippen LogP contribution in [-0.4, -0.2) is 78.6 Å². The summed E-state index contributed by atoms with van der Waals surface area (Å²) in [5, 5.41) is 2.86. The zero-order valence-corrected chi connectivity index (χ0v) is 20.8. The number of carbonyl (C=O) groups excluding carboxylic acids is 1. The molecule has 0 radical (unpaired) electrons. The number of fused-ring (bicyclic) bond motifs is 1. The van der Waals surface area contributed by atoms with Crippen molar-refractivity contribution >= 4 is 39.1 Å². The lowest BCUT2D eigenvalue weighted by atomic mass is 10.1. The minimum atomic E-state index is -0.243. The van der Waals surface area contributed by atoms with E-state index in [2.05, 4.69) is 35.7 Å². The molecule has 33 heavy (non-hydrogen) atoms. The molecule has 0 amide bonds. The fourth-order valence-corrected chi connectivity index (χ4v) is 5.14. The highest BCUT2D eigenvalue weighted by molar-refractivity contribution is 9.10. The summed E-state index contributed by atoms with van der Waals surface area (Å²) in [6, 6.07) is 6.62. The van der Waals surface area contributed by atoms with E-state index in [1.54, 1.807) is 29.7 Å². The van der Waals surface area contributed by atoms with Gasteiger partial charge >= 0.3 is 5.97 Å². The first-order valence-corrected chi connectivity index (χ1v) is 12.6. The van der Waals surface area contributed by atoms with E-state index in [1.165, 1.54) is 12.1 Å². The molecule has 2 fully saturated rings. The number of aromatic nitrogens is 1. The standard InChI is InChI=1S/C17H22N4O3S.C6H4BrF/c1-2-24-17(22)13-10-19-15(16-18-3-8-25-16)21-11-12(9-14(13)21)20-4-6-23-7-5-20;7-5-2-1-3-6(8)4-5/h3,8,12H,2,4-7,9-11H2,1H3;1-4H. The summed E-state index contributed by atoms with van der Waals surface area (Å²) in [6.07, 6.45) is 2.64. The fourth-order valence-electron chi connectivity index (χ4n) is 4.11. The van der Waals surface area contributed by atoms with Crippen molar-refractivity contribution < 1.29 is 18.7 Å². The maximum Gasteiger partial charge on any atom is 0.337 e. The van der Waals surface area contributed by atoms with Crippen LogP contribution in [0.2, 0.25) is 0 Å². The number of hydrogen-bond acceptors (Lipinski definition) is 8. The average molecular weight is 537 g/mol. The van der Waals surface area contributed by atoms with Crippen LogP contribution in [0.15, 0.2) is 56.6 Å². The Morgan fingerprint density at radius 2 is 2.18 bits per heavy atom. The highest BCUT2D eigenvalue weighted by Crippen LogP contribution is 2.33. The van der Waals surface area contributed by atoms with Crippen LogP contribution < -0.4 is 0 Å². The summed E-state index contributed by atoms with van der Waals surface area (Å²) in [7, 11) is 0. The van der Waals surface area contributed by atoms with E-state index in [1.807, 2.05) is 12.3 Å². The van der Waals surface area contributed by atoms with Crippen molar-refractivity contribution in [3.05, 3.63) is 62.4 Å². The molecule has 0 saturated carbocycles. The number of carbonyl (C=O) groups is 1. The molecule has 2 saturated heterocycles. The largest absolute Gasteiger partial charge is 0.463 e.